The summed E-state index contributed by atoms with van der Waals surface area (Å²) in [5, 5.41) is 18.9. The van der Waals surface area contributed by atoms with Gasteiger partial charge in [-0.3, -0.25) is 0 Å². The highest BCUT2D eigenvalue weighted by molar-refractivity contribution is 6.55. The van der Waals surface area contributed by atoms with E-state index in [2.05, 4.69) is 0 Å². The second-order valence-corrected chi connectivity index (χ2v) is 6.72. The molecule has 1 aromatic carbocycles. The predicted octanol–water partition coefficient (Wildman–Crippen LogP) is 3.22. The number of hydrogen-bond acceptors (Lipinski definition) is 4. The standard InChI is InChI=1S/C16H19BClNO3/c1-15(2)16(3,4)22-17(21-15)13(10-20)7-11-5-6-12(9-19)14(18)8-11/h5-8,20H,10H2,1-4H3. The molecule has 0 radical (unpaired) electrons. The number of aliphatic hydroxyl groups is 1. The van der Waals surface area contributed by atoms with E-state index in [0.717, 1.165) is 5.56 Å². The van der Waals surface area contributed by atoms with Crippen molar-refractivity contribution >= 4 is 24.8 Å². The summed E-state index contributed by atoms with van der Waals surface area (Å²) < 4.78 is 11.9. The zero-order valence-electron chi connectivity index (χ0n) is 13.2. The number of halogens is 1. The lowest BCUT2D eigenvalue weighted by Crippen LogP contribution is -2.41. The Hall–Kier alpha value is -1.32. The molecule has 2 rings (SSSR count). The van der Waals surface area contributed by atoms with Gasteiger partial charge in [-0.25, -0.2) is 0 Å². The maximum atomic E-state index is 9.64. The van der Waals surface area contributed by atoms with Gasteiger partial charge >= 0.3 is 7.12 Å². The number of benzene rings is 1. The Morgan fingerprint density at radius 1 is 1.32 bits per heavy atom. The topological polar surface area (TPSA) is 62.5 Å². The van der Waals surface area contributed by atoms with Crippen molar-refractivity contribution in [3.05, 3.63) is 39.8 Å². The largest absolute Gasteiger partial charge is 0.492 e. The molecular weight excluding hydrogens is 300 g/mol. The van der Waals surface area contributed by atoms with Crippen LogP contribution < -0.4 is 0 Å². The summed E-state index contributed by atoms with van der Waals surface area (Å²) in [5.41, 5.74) is 0.879. The van der Waals surface area contributed by atoms with E-state index in [1.54, 1.807) is 24.3 Å². The zero-order valence-corrected chi connectivity index (χ0v) is 13.9. The number of hydrogen-bond donors (Lipinski definition) is 1. The van der Waals surface area contributed by atoms with Crippen LogP contribution in [-0.2, 0) is 9.31 Å². The Morgan fingerprint density at radius 2 is 1.91 bits per heavy atom. The summed E-state index contributed by atoms with van der Waals surface area (Å²) in [5.74, 6) is 0. The van der Waals surface area contributed by atoms with Gasteiger partial charge in [0.25, 0.3) is 0 Å². The second-order valence-electron chi connectivity index (χ2n) is 6.32. The van der Waals surface area contributed by atoms with Crippen LogP contribution in [0.25, 0.3) is 6.08 Å². The third-order valence-electron chi connectivity index (χ3n) is 4.20. The van der Waals surface area contributed by atoms with Gasteiger partial charge in [-0.2, -0.15) is 5.26 Å². The van der Waals surface area contributed by atoms with Crippen molar-refractivity contribution in [2.75, 3.05) is 6.61 Å². The molecule has 0 amide bonds. The van der Waals surface area contributed by atoms with Crippen LogP contribution in [0, 0.1) is 11.3 Å². The number of rotatable bonds is 3. The summed E-state index contributed by atoms with van der Waals surface area (Å²) in [7, 11) is -0.607. The summed E-state index contributed by atoms with van der Waals surface area (Å²) in [4.78, 5) is 0. The predicted molar refractivity (Wildman–Crippen MR) is 87.3 cm³/mol. The Morgan fingerprint density at radius 3 is 2.36 bits per heavy atom. The van der Waals surface area contributed by atoms with Crippen LogP contribution >= 0.6 is 11.6 Å². The molecule has 1 N–H and O–H groups in total. The Balaban J connectivity index is 2.30. The van der Waals surface area contributed by atoms with Gasteiger partial charge in [0.1, 0.15) is 6.07 Å². The lowest BCUT2D eigenvalue weighted by Gasteiger charge is -2.32. The van der Waals surface area contributed by atoms with E-state index in [1.165, 1.54) is 0 Å². The SMILES string of the molecule is CC1(C)OB(C(=Cc2ccc(C#N)c(Cl)c2)CO)OC1(C)C. The van der Waals surface area contributed by atoms with Crippen LogP contribution in [0.4, 0.5) is 0 Å². The Kier molecular flexibility index (Phi) is 4.69. The van der Waals surface area contributed by atoms with E-state index >= 15 is 0 Å². The van der Waals surface area contributed by atoms with E-state index < -0.39 is 18.3 Å². The Bertz CT molecular complexity index is 633. The first-order valence-electron chi connectivity index (χ1n) is 7.07. The van der Waals surface area contributed by atoms with Crippen molar-refractivity contribution in [3.63, 3.8) is 0 Å². The fourth-order valence-corrected chi connectivity index (χ4v) is 2.34. The molecule has 0 spiro atoms. The van der Waals surface area contributed by atoms with Crippen molar-refractivity contribution in [3.8, 4) is 6.07 Å². The summed E-state index contributed by atoms with van der Waals surface area (Å²) in [6.45, 7) is 7.65. The quantitative estimate of drug-likeness (QED) is 0.869. The van der Waals surface area contributed by atoms with E-state index in [9.17, 15) is 5.11 Å². The first kappa shape index (κ1) is 17.0. The third-order valence-corrected chi connectivity index (χ3v) is 4.52. The molecule has 0 saturated carbocycles. The molecule has 22 heavy (non-hydrogen) atoms. The van der Waals surface area contributed by atoms with Crippen molar-refractivity contribution in [1.82, 2.24) is 0 Å². The van der Waals surface area contributed by atoms with Gasteiger partial charge in [-0.1, -0.05) is 23.7 Å². The molecule has 1 aliphatic rings. The highest BCUT2D eigenvalue weighted by atomic mass is 35.5. The van der Waals surface area contributed by atoms with Gasteiger partial charge in [-0.15, -0.1) is 0 Å². The Labute approximate surface area is 136 Å². The summed E-state index contributed by atoms with van der Waals surface area (Å²) >= 11 is 6.03. The van der Waals surface area contributed by atoms with Crippen LogP contribution in [0.5, 0.6) is 0 Å². The fraction of sp³-hybridized carbons (Fsp3) is 0.438. The van der Waals surface area contributed by atoms with Gasteiger partial charge in [0, 0.05) is 0 Å². The van der Waals surface area contributed by atoms with Gasteiger partial charge < -0.3 is 14.4 Å². The molecule has 1 aliphatic heterocycles. The van der Waals surface area contributed by atoms with E-state index in [0.29, 0.717) is 16.1 Å². The average Bonchev–Trinajstić information content (AvgIpc) is 2.65. The smallest absolute Gasteiger partial charge is 0.400 e. The molecule has 0 atom stereocenters. The van der Waals surface area contributed by atoms with Crippen LogP contribution in [0.3, 0.4) is 0 Å². The summed E-state index contributed by atoms with van der Waals surface area (Å²) in [6, 6.07) is 7.11. The van der Waals surface area contributed by atoms with Gasteiger partial charge in [-0.05, 0) is 50.9 Å². The van der Waals surface area contributed by atoms with E-state index in [1.807, 2.05) is 33.8 Å². The highest BCUT2D eigenvalue weighted by Gasteiger charge is 2.52. The highest BCUT2D eigenvalue weighted by Crippen LogP contribution is 2.38. The van der Waals surface area contributed by atoms with Gasteiger partial charge in [0.05, 0.1) is 28.4 Å². The third kappa shape index (κ3) is 3.21. The molecule has 116 valence electrons. The molecule has 0 aromatic heterocycles. The minimum atomic E-state index is -0.607. The van der Waals surface area contributed by atoms with Gasteiger partial charge in [0.2, 0.25) is 0 Å². The normalized spacial score (nSPS) is 20.0. The lowest BCUT2D eigenvalue weighted by molar-refractivity contribution is 0.00578. The van der Waals surface area contributed by atoms with Gasteiger partial charge in [0.15, 0.2) is 0 Å². The molecule has 0 unspecified atom stereocenters. The van der Waals surface area contributed by atoms with Crippen molar-refractivity contribution in [2.24, 2.45) is 0 Å². The van der Waals surface area contributed by atoms with E-state index in [-0.39, 0.29) is 6.61 Å². The zero-order chi connectivity index (χ0) is 16.5. The average molecular weight is 320 g/mol. The van der Waals surface area contributed by atoms with Crippen molar-refractivity contribution in [1.29, 1.82) is 5.26 Å². The van der Waals surface area contributed by atoms with Crippen LogP contribution in [-0.4, -0.2) is 30.0 Å². The van der Waals surface area contributed by atoms with Crippen molar-refractivity contribution in [2.45, 2.75) is 38.9 Å². The monoisotopic (exact) mass is 319 g/mol. The first-order valence-corrected chi connectivity index (χ1v) is 7.44. The van der Waals surface area contributed by atoms with E-state index in [4.69, 9.17) is 26.2 Å². The fourth-order valence-electron chi connectivity index (χ4n) is 2.11. The molecule has 1 heterocycles. The number of aliphatic hydroxyl groups excluding tert-OH is 1. The molecule has 0 bridgehead atoms. The molecule has 4 nitrogen and oxygen atoms in total. The molecular formula is C16H19BClNO3. The maximum absolute atomic E-state index is 9.64. The maximum Gasteiger partial charge on any atom is 0.492 e. The molecule has 1 saturated heterocycles. The molecule has 1 aromatic rings. The van der Waals surface area contributed by atoms with Crippen molar-refractivity contribution < 1.29 is 14.4 Å². The summed E-state index contributed by atoms with van der Waals surface area (Å²) in [6.07, 6.45) is 1.77. The second kappa shape index (κ2) is 6.06. The van der Waals surface area contributed by atoms with Crippen LogP contribution in [0.2, 0.25) is 5.02 Å². The number of nitriles is 1. The minimum Gasteiger partial charge on any atom is -0.400 e. The molecule has 0 aliphatic carbocycles. The van der Waals surface area contributed by atoms with Crippen LogP contribution in [0.1, 0.15) is 38.8 Å². The first-order chi connectivity index (χ1) is 10.2. The molecule has 6 heteroatoms. The van der Waals surface area contributed by atoms with Crippen LogP contribution in [0.15, 0.2) is 23.7 Å². The minimum absolute atomic E-state index is 0.186. The lowest BCUT2D eigenvalue weighted by atomic mass is 9.77. The molecule has 1 fully saturated rings. The number of nitrogens with zero attached hydrogens (tertiary/aromatic N) is 1.